The van der Waals surface area contributed by atoms with E-state index >= 15 is 0 Å². The van der Waals surface area contributed by atoms with Gasteiger partial charge in [0.05, 0.1) is 0 Å². The fraction of sp³-hybridized carbons (Fsp3) is 0.300. The molecule has 0 unspecified atom stereocenters. The number of carbonyl (C=O) groups excluding carboxylic acids is 1. The molecule has 0 aromatic carbocycles. The third-order valence-corrected chi connectivity index (χ3v) is 4.65. The zero-order valence-electron chi connectivity index (χ0n) is 16.6. The summed E-state index contributed by atoms with van der Waals surface area (Å²) in [7, 11) is 0. The summed E-state index contributed by atoms with van der Waals surface area (Å²) in [6, 6.07) is 7.68. The molecule has 0 aliphatic carbocycles. The van der Waals surface area contributed by atoms with Gasteiger partial charge in [0.15, 0.2) is 6.61 Å². The summed E-state index contributed by atoms with van der Waals surface area (Å²) >= 11 is 0. The van der Waals surface area contributed by atoms with Gasteiger partial charge in [-0.2, -0.15) is 0 Å². The van der Waals surface area contributed by atoms with Gasteiger partial charge in [-0.1, -0.05) is 0 Å². The summed E-state index contributed by atoms with van der Waals surface area (Å²) < 4.78 is 5.35. The van der Waals surface area contributed by atoms with E-state index in [0.29, 0.717) is 32.0 Å². The summed E-state index contributed by atoms with van der Waals surface area (Å²) in [5.41, 5.74) is 1.12. The molecule has 1 aliphatic heterocycles. The van der Waals surface area contributed by atoms with Crippen LogP contribution in [0.4, 0.5) is 17.5 Å². The van der Waals surface area contributed by atoms with Gasteiger partial charge in [-0.3, -0.25) is 4.79 Å². The van der Waals surface area contributed by atoms with Gasteiger partial charge in [0.1, 0.15) is 23.8 Å². The normalized spacial score (nSPS) is 13.8. The number of hydrogen-bond acceptors (Lipinski definition) is 9. The Balaban J connectivity index is 1.31. The lowest BCUT2D eigenvalue weighted by Gasteiger charge is -2.35. The predicted octanol–water partition coefficient (Wildman–Crippen LogP) is 1.44. The molecule has 10 nitrogen and oxygen atoms in total. The van der Waals surface area contributed by atoms with Crippen LogP contribution in [0, 0.1) is 6.92 Å². The van der Waals surface area contributed by atoms with E-state index in [1.165, 1.54) is 6.33 Å². The molecule has 0 spiro atoms. The molecule has 30 heavy (non-hydrogen) atoms. The average Bonchev–Trinajstić information content (AvgIpc) is 2.78. The molecule has 1 aliphatic rings. The maximum absolute atomic E-state index is 12.4. The van der Waals surface area contributed by atoms with E-state index < -0.39 is 0 Å². The van der Waals surface area contributed by atoms with E-state index in [-0.39, 0.29) is 18.5 Å². The molecule has 0 saturated carbocycles. The zero-order chi connectivity index (χ0) is 20.8. The second kappa shape index (κ2) is 9.12. The largest absolute Gasteiger partial charge is 0.453 e. The number of ether oxygens (including phenoxy) is 1. The Kier molecular flexibility index (Phi) is 5.93. The van der Waals surface area contributed by atoms with Crippen LogP contribution in [0.5, 0.6) is 6.01 Å². The summed E-state index contributed by atoms with van der Waals surface area (Å²) in [6.07, 6.45) is 6.43. The predicted molar refractivity (Wildman–Crippen MR) is 111 cm³/mol. The van der Waals surface area contributed by atoms with Gasteiger partial charge in [-0.05, 0) is 30.7 Å². The fourth-order valence-electron chi connectivity index (χ4n) is 3.09. The molecule has 3 aromatic heterocycles. The minimum Gasteiger partial charge on any atom is -0.453 e. The van der Waals surface area contributed by atoms with Crippen molar-refractivity contribution < 1.29 is 9.53 Å². The van der Waals surface area contributed by atoms with E-state index in [0.717, 1.165) is 17.2 Å². The molecule has 4 rings (SSSR count). The SMILES string of the molecule is Cc1ccnc(Nc2cc(N3CCN(C(=O)COc4ncccn4)CC3)ncn2)c1. The van der Waals surface area contributed by atoms with Gasteiger partial charge >= 0.3 is 6.01 Å². The number of rotatable bonds is 6. The highest BCUT2D eigenvalue weighted by Crippen LogP contribution is 2.19. The van der Waals surface area contributed by atoms with Crippen molar-refractivity contribution in [3.05, 3.63) is 54.7 Å². The van der Waals surface area contributed by atoms with Crippen LogP contribution in [0.25, 0.3) is 0 Å². The van der Waals surface area contributed by atoms with Crippen LogP contribution in [0.3, 0.4) is 0 Å². The first-order valence-electron chi connectivity index (χ1n) is 9.62. The number of carbonyl (C=O) groups is 1. The van der Waals surface area contributed by atoms with Crippen molar-refractivity contribution in [3.63, 3.8) is 0 Å². The quantitative estimate of drug-likeness (QED) is 0.650. The maximum Gasteiger partial charge on any atom is 0.316 e. The van der Waals surface area contributed by atoms with E-state index in [1.807, 2.05) is 25.1 Å². The topological polar surface area (TPSA) is 109 Å². The lowest BCUT2D eigenvalue weighted by Crippen LogP contribution is -2.50. The summed E-state index contributed by atoms with van der Waals surface area (Å²) in [4.78, 5) is 37.1. The highest BCUT2D eigenvalue weighted by molar-refractivity contribution is 5.78. The first-order chi connectivity index (χ1) is 14.7. The second-order valence-corrected chi connectivity index (χ2v) is 6.79. The molecule has 154 valence electrons. The minimum atomic E-state index is -0.0855. The van der Waals surface area contributed by atoms with Crippen molar-refractivity contribution in [3.8, 4) is 6.01 Å². The summed E-state index contributed by atoms with van der Waals surface area (Å²) in [5, 5.41) is 3.20. The van der Waals surface area contributed by atoms with Gasteiger partial charge in [0.2, 0.25) is 0 Å². The minimum absolute atomic E-state index is 0.0743. The van der Waals surface area contributed by atoms with Crippen LogP contribution in [0.1, 0.15) is 5.56 Å². The lowest BCUT2D eigenvalue weighted by atomic mass is 10.3. The first kappa shape index (κ1) is 19.5. The average molecular weight is 406 g/mol. The number of amides is 1. The Morgan fingerprint density at radius 1 is 1.00 bits per heavy atom. The monoisotopic (exact) mass is 406 g/mol. The Bertz CT molecular complexity index is 993. The first-order valence-corrected chi connectivity index (χ1v) is 9.62. The Labute approximate surface area is 174 Å². The highest BCUT2D eigenvalue weighted by Gasteiger charge is 2.22. The smallest absolute Gasteiger partial charge is 0.316 e. The number of anilines is 3. The van der Waals surface area contributed by atoms with Gasteiger partial charge in [0, 0.05) is 50.8 Å². The molecule has 3 aromatic rings. The molecule has 1 amide bonds. The molecule has 10 heteroatoms. The van der Waals surface area contributed by atoms with E-state index in [2.05, 4.69) is 35.1 Å². The molecular weight excluding hydrogens is 384 g/mol. The lowest BCUT2D eigenvalue weighted by molar-refractivity contribution is -0.133. The molecule has 1 fully saturated rings. The van der Waals surface area contributed by atoms with Crippen molar-refractivity contribution in [1.82, 2.24) is 29.8 Å². The Hall–Kier alpha value is -3.82. The number of pyridine rings is 1. The number of aromatic nitrogens is 5. The molecule has 1 N–H and O–H groups in total. The number of hydrogen-bond donors (Lipinski definition) is 1. The number of nitrogens with zero attached hydrogens (tertiary/aromatic N) is 7. The van der Waals surface area contributed by atoms with Gasteiger partial charge in [0.25, 0.3) is 5.91 Å². The molecule has 4 heterocycles. The fourth-order valence-corrected chi connectivity index (χ4v) is 3.09. The Morgan fingerprint density at radius 3 is 2.53 bits per heavy atom. The van der Waals surface area contributed by atoms with Gasteiger partial charge < -0.3 is 19.9 Å². The van der Waals surface area contributed by atoms with Crippen molar-refractivity contribution in [2.45, 2.75) is 6.92 Å². The van der Waals surface area contributed by atoms with Crippen molar-refractivity contribution in [2.24, 2.45) is 0 Å². The van der Waals surface area contributed by atoms with E-state index in [4.69, 9.17) is 4.74 Å². The maximum atomic E-state index is 12.4. The van der Waals surface area contributed by atoms with Crippen LogP contribution in [-0.2, 0) is 4.79 Å². The van der Waals surface area contributed by atoms with Crippen molar-refractivity contribution in [2.75, 3.05) is 43.0 Å². The zero-order valence-corrected chi connectivity index (χ0v) is 16.6. The second-order valence-electron chi connectivity index (χ2n) is 6.79. The number of nitrogens with one attached hydrogen (secondary N) is 1. The summed E-state index contributed by atoms with van der Waals surface area (Å²) in [5.74, 6) is 2.13. The van der Waals surface area contributed by atoms with Crippen LogP contribution in [0.2, 0.25) is 0 Å². The third-order valence-electron chi connectivity index (χ3n) is 4.65. The van der Waals surface area contributed by atoms with E-state index in [1.54, 1.807) is 29.6 Å². The molecular formula is C20H22N8O2. The van der Waals surface area contributed by atoms with Crippen LogP contribution >= 0.6 is 0 Å². The van der Waals surface area contributed by atoms with Gasteiger partial charge in [-0.15, -0.1) is 0 Å². The van der Waals surface area contributed by atoms with Crippen LogP contribution in [-0.4, -0.2) is 68.5 Å². The standard InChI is InChI=1S/C20H22N8O2/c1-15-3-6-21-16(11-15)26-17-12-18(25-14-24-17)27-7-9-28(10-8-27)19(29)13-30-20-22-4-2-5-23-20/h2-6,11-12,14H,7-10,13H2,1H3,(H,21,24,25,26). The third kappa shape index (κ3) is 4.96. The highest BCUT2D eigenvalue weighted by atomic mass is 16.5. The van der Waals surface area contributed by atoms with Crippen LogP contribution in [0.15, 0.2) is 49.2 Å². The number of piperazine rings is 1. The van der Waals surface area contributed by atoms with Crippen molar-refractivity contribution >= 4 is 23.4 Å². The van der Waals surface area contributed by atoms with Crippen LogP contribution < -0.4 is 15.0 Å². The molecule has 1 saturated heterocycles. The van der Waals surface area contributed by atoms with Crippen molar-refractivity contribution in [1.29, 1.82) is 0 Å². The molecule has 0 radical (unpaired) electrons. The molecule has 0 bridgehead atoms. The van der Waals surface area contributed by atoms with E-state index in [9.17, 15) is 4.79 Å². The Morgan fingerprint density at radius 2 is 1.77 bits per heavy atom. The molecule has 0 atom stereocenters. The number of aryl methyl sites for hydroxylation is 1. The van der Waals surface area contributed by atoms with Gasteiger partial charge in [-0.25, -0.2) is 24.9 Å². The summed E-state index contributed by atoms with van der Waals surface area (Å²) in [6.45, 7) is 4.46.